The molecule has 0 amide bonds. The lowest BCUT2D eigenvalue weighted by Crippen LogP contribution is -2.37. The molecule has 0 radical (unpaired) electrons. The molecule has 1 heterocycles. The van der Waals surface area contributed by atoms with E-state index in [1.54, 1.807) is 0 Å². The third-order valence-electron chi connectivity index (χ3n) is 3.26. The number of rotatable bonds is 6. The topological polar surface area (TPSA) is 12.5 Å². The molecule has 1 fully saturated rings. The van der Waals surface area contributed by atoms with Crippen molar-refractivity contribution in [3.63, 3.8) is 0 Å². The lowest BCUT2D eigenvalue weighted by Gasteiger charge is -2.29. The van der Waals surface area contributed by atoms with E-state index < -0.39 is 17.4 Å². The van der Waals surface area contributed by atoms with Crippen LogP contribution in [0.25, 0.3) is 0 Å². The average Bonchev–Trinajstić information content (AvgIpc) is 2.16. The van der Waals surface area contributed by atoms with Gasteiger partial charge >= 0.3 is 0 Å². The molecular formula is C12H29NOSi2. The van der Waals surface area contributed by atoms with Crippen molar-refractivity contribution in [3.05, 3.63) is 0 Å². The number of hydrogen-bond donors (Lipinski definition) is 0. The largest absolute Gasteiger partial charge is 0.458 e. The van der Waals surface area contributed by atoms with E-state index in [2.05, 4.69) is 31.1 Å². The molecule has 0 unspecified atom stereocenters. The quantitative estimate of drug-likeness (QED) is 0.680. The monoisotopic (exact) mass is 259 g/mol. The molecular weight excluding hydrogens is 230 g/mol. The van der Waals surface area contributed by atoms with Crippen molar-refractivity contribution in [1.29, 1.82) is 0 Å². The van der Waals surface area contributed by atoms with Gasteiger partial charge in [0.1, 0.15) is 0 Å². The molecule has 0 saturated carbocycles. The summed E-state index contributed by atoms with van der Waals surface area (Å²) in [5, 5.41) is 0. The summed E-state index contributed by atoms with van der Waals surface area (Å²) >= 11 is 0. The van der Waals surface area contributed by atoms with Gasteiger partial charge in [0.2, 0.25) is 0 Å². The molecule has 0 atom stereocenters. The smallest absolute Gasteiger partial charge is 0.173 e. The van der Waals surface area contributed by atoms with Gasteiger partial charge in [-0.05, 0) is 71.1 Å². The summed E-state index contributed by atoms with van der Waals surface area (Å²) in [5.41, 5.74) is 0. The molecule has 0 N–H and O–H groups in total. The van der Waals surface area contributed by atoms with Gasteiger partial charge in [-0.1, -0.05) is 6.42 Å². The summed E-state index contributed by atoms with van der Waals surface area (Å²) in [6.45, 7) is 13.3. The van der Waals surface area contributed by atoms with E-state index >= 15 is 0 Å². The molecule has 1 aliphatic rings. The summed E-state index contributed by atoms with van der Waals surface area (Å²) in [4.78, 5) is 2.64. The molecule has 4 heteroatoms. The van der Waals surface area contributed by atoms with E-state index in [0.29, 0.717) is 0 Å². The summed E-state index contributed by atoms with van der Waals surface area (Å²) in [7, 11) is -2.14. The molecule has 0 aromatic carbocycles. The van der Waals surface area contributed by atoms with Crippen molar-refractivity contribution < 1.29 is 4.12 Å². The zero-order valence-corrected chi connectivity index (χ0v) is 13.7. The van der Waals surface area contributed by atoms with Crippen LogP contribution in [-0.2, 0) is 4.12 Å². The molecule has 0 spiro atoms. The fourth-order valence-corrected chi connectivity index (χ4v) is 9.19. The Morgan fingerprint density at radius 3 is 2.31 bits per heavy atom. The minimum Gasteiger partial charge on any atom is -0.458 e. The van der Waals surface area contributed by atoms with Crippen LogP contribution in [0.5, 0.6) is 0 Å². The number of piperidine rings is 1. The fraction of sp³-hybridized carbons (Fsp3) is 1.00. The average molecular weight is 260 g/mol. The Labute approximate surface area is 104 Å². The first-order valence-electron chi connectivity index (χ1n) is 6.90. The SMILES string of the molecule is C[SiH](C)O[Si](C)(C)CCCN1CCCCC1. The highest BCUT2D eigenvalue weighted by Crippen LogP contribution is 2.16. The lowest BCUT2D eigenvalue weighted by molar-refractivity contribution is 0.228. The van der Waals surface area contributed by atoms with E-state index in [0.717, 1.165) is 0 Å². The Morgan fingerprint density at radius 2 is 1.75 bits per heavy atom. The maximum Gasteiger partial charge on any atom is 0.173 e. The molecule has 0 aromatic rings. The molecule has 1 rings (SSSR count). The summed E-state index contributed by atoms with van der Waals surface area (Å²) in [6, 6.07) is 1.34. The Balaban J connectivity index is 2.13. The number of hydrogen-bond acceptors (Lipinski definition) is 2. The highest BCUT2D eigenvalue weighted by molar-refractivity contribution is 6.77. The van der Waals surface area contributed by atoms with Crippen LogP contribution in [0.3, 0.4) is 0 Å². The van der Waals surface area contributed by atoms with E-state index in [-0.39, 0.29) is 0 Å². The second-order valence-corrected chi connectivity index (χ2v) is 13.0. The van der Waals surface area contributed by atoms with Crippen LogP contribution in [0.2, 0.25) is 32.2 Å². The Bertz CT molecular complexity index is 191. The third kappa shape index (κ3) is 6.18. The maximum absolute atomic E-state index is 6.19. The predicted molar refractivity (Wildman–Crippen MR) is 77.2 cm³/mol. The molecule has 1 aliphatic heterocycles. The van der Waals surface area contributed by atoms with E-state index in [1.807, 2.05) is 0 Å². The molecule has 16 heavy (non-hydrogen) atoms. The van der Waals surface area contributed by atoms with Crippen LogP contribution < -0.4 is 0 Å². The van der Waals surface area contributed by atoms with Crippen LogP contribution in [0.15, 0.2) is 0 Å². The van der Waals surface area contributed by atoms with Crippen LogP contribution >= 0.6 is 0 Å². The van der Waals surface area contributed by atoms with Crippen LogP contribution in [0.1, 0.15) is 25.7 Å². The minimum absolute atomic E-state index is 0.824. The van der Waals surface area contributed by atoms with E-state index in [1.165, 1.54) is 51.4 Å². The molecule has 0 bridgehead atoms. The summed E-state index contributed by atoms with van der Waals surface area (Å²) < 4.78 is 6.19. The molecule has 1 saturated heterocycles. The molecule has 0 aliphatic carbocycles. The summed E-state index contributed by atoms with van der Waals surface area (Å²) in [5.74, 6) is 0. The van der Waals surface area contributed by atoms with Crippen molar-refractivity contribution in [1.82, 2.24) is 4.90 Å². The van der Waals surface area contributed by atoms with Crippen LogP contribution in [-0.4, -0.2) is 41.9 Å². The Hall–Kier alpha value is 0.354. The van der Waals surface area contributed by atoms with E-state index in [4.69, 9.17) is 4.12 Å². The minimum atomic E-state index is -1.32. The van der Waals surface area contributed by atoms with Gasteiger partial charge < -0.3 is 9.02 Å². The first-order valence-corrected chi connectivity index (χ1v) is 12.8. The van der Waals surface area contributed by atoms with Gasteiger partial charge in [-0.25, -0.2) is 0 Å². The van der Waals surface area contributed by atoms with Crippen molar-refractivity contribution in [3.8, 4) is 0 Å². The van der Waals surface area contributed by atoms with Gasteiger partial charge in [-0.3, -0.25) is 0 Å². The third-order valence-corrected chi connectivity index (χ3v) is 9.25. The zero-order valence-electron chi connectivity index (χ0n) is 11.6. The van der Waals surface area contributed by atoms with Gasteiger partial charge in [0.25, 0.3) is 0 Å². The normalized spacial score (nSPS) is 19.3. The van der Waals surface area contributed by atoms with Gasteiger partial charge in [0.15, 0.2) is 17.4 Å². The highest BCUT2D eigenvalue weighted by Gasteiger charge is 2.23. The van der Waals surface area contributed by atoms with E-state index in [9.17, 15) is 0 Å². The Morgan fingerprint density at radius 1 is 1.12 bits per heavy atom. The first-order chi connectivity index (χ1) is 7.49. The fourth-order valence-electron chi connectivity index (χ4n) is 2.61. The second-order valence-electron chi connectivity index (χ2n) is 5.93. The van der Waals surface area contributed by atoms with Crippen LogP contribution in [0, 0.1) is 0 Å². The lowest BCUT2D eigenvalue weighted by atomic mass is 10.1. The number of nitrogens with zero attached hydrogens (tertiary/aromatic N) is 1. The molecule has 96 valence electrons. The molecule has 0 aromatic heterocycles. The maximum atomic E-state index is 6.19. The molecule has 2 nitrogen and oxygen atoms in total. The highest BCUT2D eigenvalue weighted by atomic mass is 28.4. The van der Waals surface area contributed by atoms with Gasteiger partial charge in [-0.15, -0.1) is 0 Å². The van der Waals surface area contributed by atoms with Crippen molar-refractivity contribution in [2.24, 2.45) is 0 Å². The first kappa shape index (κ1) is 14.4. The van der Waals surface area contributed by atoms with Crippen LogP contribution in [0.4, 0.5) is 0 Å². The van der Waals surface area contributed by atoms with Gasteiger partial charge in [0.05, 0.1) is 0 Å². The van der Waals surface area contributed by atoms with Crippen molar-refractivity contribution >= 4 is 17.4 Å². The Kier molecular flexibility index (Phi) is 6.25. The van der Waals surface area contributed by atoms with Gasteiger partial charge in [0, 0.05) is 0 Å². The number of likely N-dealkylation sites (tertiary alicyclic amines) is 1. The second kappa shape index (κ2) is 6.94. The van der Waals surface area contributed by atoms with Gasteiger partial charge in [-0.2, -0.15) is 0 Å². The van der Waals surface area contributed by atoms with Crippen molar-refractivity contribution in [2.45, 2.75) is 57.9 Å². The standard InChI is InChI=1S/C12H29NOSi2/c1-15(2)14-16(3,4)12-8-11-13-9-6-5-7-10-13/h15H,5-12H2,1-4H3. The predicted octanol–water partition coefficient (Wildman–Crippen LogP) is 3.07. The summed E-state index contributed by atoms with van der Waals surface area (Å²) in [6.07, 6.45) is 5.62. The zero-order chi connectivity index (χ0) is 12.0. The van der Waals surface area contributed by atoms with Crippen molar-refractivity contribution in [2.75, 3.05) is 19.6 Å².